The van der Waals surface area contributed by atoms with Gasteiger partial charge in [0.1, 0.15) is 5.69 Å². The normalized spacial score (nSPS) is 12.7. The minimum absolute atomic E-state index is 0.0312. The van der Waals surface area contributed by atoms with Crippen LogP contribution >= 0.6 is 11.6 Å². The molecule has 2 aromatic rings. The van der Waals surface area contributed by atoms with Crippen LogP contribution in [0.2, 0.25) is 5.02 Å². The maximum Gasteiger partial charge on any atom is 0.231 e. The summed E-state index contributed by atoms with van der Waals surface area (Å²) in [6.45, 7) is 2.37. The zero-order chi connectivity index (χ0) is 11.5. The molecular formula is C10H11ClN4O. The first-order valence-corrected chi connectivity index (χ1v) is 5.24. The lowest BCUT2D eigenvalue weighted by Gasteiger charge is -1.99. The van der Waals surface area contributed by atoms with Crippen LogP contribution in [-0.4, -0.2) is 21.7 Å². The number of rotatable bonds is 3. The maximum absolute atomic E-state index is 5.97. The summed E-state index contributed by atoms with van der Waals surface area (Å²) in [5, 5.41) is 4.32. The molecule has 2 heterocycles. The summed E-state index contributed by atoms with van der Waals surface area (Å²) < 4.78 is 5.09. The molecule has 0 aliphatic rings. The Bertz CT molecular complexity index is 485. The standard InChI is InChI=1S/C10H11ClN4O/c1-6(5-12)10-14-9(15-16-10)8-7(11)3-2-4-13-8/h2-4,6H,5,12H2,1H3. The van der Waals surface area contributed by atoms with Crippen LogP contribution in [0.25, 0.3) is 11.5 Å². The van der Waals surface area contributed by atoms with Gasteiger partial charge in [0.2, 0.25) is 11.7 Å². The molecule has 2 aromatic heterocycles. The lowest BCUT2D eigenvalue weighted by Crippen LogP contribution is -2.09. The van der Waals surface area contributed by atoms with Gasteiger partial charge in [-0.3, -0.25) is 4.98 Å². The van der Waals surface area contributed by atoms with Crippen molar-refractivity contribution in [1.82, 2.24) is 15.1 Å². The molecule has 16 heavy (non-hydrogen) atoms. The van der Waals surface area contributed by atoms with Crippen molar-refractivity contribution in [3.05, 3.63) is 29.2 Å². The number of nitrogens with zero attached hydrogens (tertiary/aromatic N) is 3. The number of aromatic nitrogens is 3. The molecule has 2 N–H and O–H groups in total. The fourth-order valence-electron chi connectivity index (χ4n) is 1.18. The largest absolute Gasteiger partial charge is 0.339 e. The van der Waals surface area contributed by atoms with E-state index in [0.717, 1.165) is 0 Å². The van der Waals surface area contributed by atoms with Gasteiger partial charge < -0.3 is 10.3 Å². The molecule has 0 aromatic carbocycles. The fraction of sp³-hybridized carbons (Fsp3) is 0.300. The third-order valence-corrected chi connectivity index (χ3v) is 2.49. The van der Waals surface area contributed by atoms with Gasteiger partial charge in [0, 0.05) is 18.7 Å². The van der Waals surface area contributed by atoms with Gasteiger partial charge >= 0.3 is 0 Å². The molecule has 0 radical (unpaired) electrons. The van der Waals surface area contributed by atoms with E-state index >= 15 is 0 Å². The van der Waals surface area contributed by atoms with Crippen molar-refractivity contribution in [3.8, 4) is 11.5 Å². The van der Waals surface area contributed by atoms with Crippen molar-refractivity contribution < 1.29 is 4.52 Å². The Hall–Kier alpha value is -1.46. The number of halogens is 1. The topological polar surface area (TPSA) is 77.8 Å². The van der Waals surface area contributed by atoms with E-state index in [1.54, 1.807) is 18.3 Å². The highest BCUT2D eigenvalue weighted by molar-refractivity contribution is 6.32. The van der Waals surface area contributed by atoms with Crippen LogP contribution in [0.15, 0.2) is 22.9 Å². The van der Waals surface area contributed by atoms with Crippen molar-refractivity contribution in [2.24, 2.45) is 5.73 Å². The van der Waals surface area contributed by atoms with E-state index in [2.05, 4.69) is 15.1 Å². The van der Waals surface area contributed by atoms with Gasteiger partial charge in [-0.25, -0.2) is 0 Å². The maximum atomic E-state index is 5.97. The monoisotopic (exact) mass is 238 g/mol. The van der Waals surface area contributed by atoms with Crippen molar-refractivity contribution in [3.63, 3.8) is 0 Å². The Morgan fingerprint density at radius 2 is 2.38 bits per heavy atom. The van der Waals surface area contributed by atoms with Crippen molar-refractivity contribution in [2.75, 3.05) is 6.54 Å². The number of nitrogens with two attached hydrogens (primary N) is 1. The molecule has 0 aliphatic carbocycles. The molecule has 0 bridgehead atoms. The lowest BCUT2D eigenvalue weighted by molar-refractivity contribution is 0.361. The summed E-state index contributed by atoms with van der Waals surface area (Å²) in [5.74, 6) is 0.920. The molecule has 0 aliphatic heterocycles. The van der Waals surface area contributed by atoms with Gasteiger partial charge in [-0.2, -0.15) is 4.98 Å². The average molecular weight is 239 g/mol. The summed E-state index contributed by atoms with van der Waals surface area (Å²) in [7, 11) is 0. The average Bonchev–Trinajstić information content (AvgIpc) is 2.78. The van der Waals surface area contributed by atoms with Gasteiger partial charge in [-0.1, -0.05) is 23.7 Å². The second-order valence-corrected chi connectivity index (χ2v) is 3.83. The molecule has 0 spiro atoms. The molecule has 0 amide bonds. The minimum atomic E-state index is 0.0312. The Morgan fingerprint density at radius 1 is 1.56 bits per heavy atom. The Morgan fingerprint density at radius 3 is 3.06 bits per heavy atom. The summed E-state index contributed by atoms with van der Waals surface area (Å²) in [6, 6.07) is 3.47. The van der Waals surface area contributed by atoms with Crippen molar-refractivity contribution >= 4 is 11.6 Å². The second-order valence-electron chi connectivity index (χ2n) is 3.43. The summed E-state index contributed by atoms with van der Waals surface area (Å²) in [5.41, 5.74) is 6.03. The van der Waals surface area contributed by atoms with E-state index in [-0.39, 0.29) is 5.92 Å². The SMILES string of the molecule is CC(CN)c1nc(-c2ncccc2Cl)no1. The molecule has 5 nitrogen and oxygen atoms in total. The Balaban J connectivity index is 2.35. The summed E-state index contributed by atoms with van der Waals surface area (Å²) in [6.07, 6.45) is 1.63. The third-order valence-electron chi connectivity index (χ3n) is 2.19. The van der Waals surface area contributed by atoms with Gasteiger partial charge in [-0.15, -0.1) is 0 Å². The molecular weight excluding hydrogens is 228 g/mol. The van der Waals surface area contributed by atoms with Gasteiger partial charge in [-0.05, 0) is 12.1 Å². The number of hydrogen-bond donors (Lipinski definition) is 1. The Kier molecular flexibility index (Phi) is 3.17. The van der Waals surface area contributed by atoms with Crippen LogP contribution in [-0.2, 0) is 0 Å². The second kappa shape index (κ2) is 4.59. The highest BCUT2D eigenvalue weighted by Crippen LogP contribution is 2.23. The van der Waals surface area contributed by atoms with E-state index in [1.807, 2.05) is 6.92 Å². The van der Waals surface area contributed by atoms with E-state index in [9.17, 15) is 0 Å². The zero-order valence-electron chi connectivity index (χ0n) is 8.72. The molecule has 1 atom stereocenters. The molecule has 84 valence electrons. The third kappa shape index (κ3) is 2.05. The van der Waals surface area contributed by atoms with E-state index in [0.29, 0.717) is 29.0 Å². The van der Waals surface area contributed by atoms with Gasteiger partial charge in [0.15, 0.2) is 0 Å². The first-order valence-electron chi connectivity index (χ1n) is 4.87. The van der Waals surface area contributed by atoms with Crippen LogP contribution < -0.4 is 5.73 Å². The predicted molar refractivity (Wildman–Crippen MR) is 60.0 cm³/mol. The van der Waals surface area contributed by atoms with Crippen molar-refractivity contribution in [1.29, 1.82) is 0 Å². The molecule has 6 heteroatoms. The zero-order valence-corrected chi connectivity index (χ0v) is 9.48. The molecule has 0 fully saturated rings. The van der Waals surface area contributed by atoms with Crippen LogP contribution in [0.4, 0.5) is 0 Å². The van der Waals surface area contributed by atoms with Crippen LogP contribution in [0.3, 0.4) is 0 Å². The molecule has 0 saturated heterocycles. The van der Waals surface area contributed by atoms with Crippen LogP contribution in [0, 0.1) is 0 Å². The Labute approximate surface area is 97.6 Å². The van der Waals surface area contributed by atoms with Crippen molar-refractivity contribution in [2.45, 2.75) is 12.8 Å². The summed E-state index contributed by atoms with van der Waals surface area (Å²) in [4.78, 5) is 8.31. The highest BCUT2D eigenvalue weighted by Gasteiger charge is 2.16. The van der Waals surface area contributed by atoms with Gasteiger partial charge in [0.25, 0.3) is 0 Å². The molecule has 1 unspecified atom stereocenters. The predicted octanol–water partition coefficient (Wildman–Crippen LogP) is 1.85. The smallest absolute Gasteiger partial charge is 0.231 e. The summed E-state index contributed by atoms with van der Waals surface area (Å²) >= 11 is 5.97. The minimum Gasteiger partial charge on any atom is -0.339 e. The van der Waals surface area contributed by atoms with E-state index in [1.165, 1.54) is 0 Å². The number of hydrogen-bond acceptors (Lipinski definition) is 5. The van der Waals surface area contributed by atoms with E-state index < -0.39 is 0 Å². The van der Waals surface area contributed by atoms with Crippen LogP contribution in [0.5, 0.6) is 0 Å². The van der Waals surface area contributed by atoms with Gasteiger partial charge in [0.05, 0.1) is 5.02 Å². The molecule has 2 rings (SSSR count). The van der Waals surface area contributed by atoms with E-state index in [4.69, 9.17) is 21.9 Å². The fourth-order valence-corrected chi connectivity index (χ4v) is 1.39. The lowest BCUT2D eigenvalue weighted by atomic mass is 10.2. The first-order chi connectivity index (χ1) is 7.72. The first kappa shape index (κ1) is 11.0. The van der Waals surface area contributed by atoms with Crippen LogP contribution in [0.1, 0.15) is 18.7 Å². The molecule has 0 saturated carbocycles. The highest BCUT2D eigenvalue weighted by atomic mass is 35.5. The number of pyridine rings is 1. The quantitative estimate of drug-likeness (QED) is 0.883.